The minimum absolute atomic E-state index is 0.0736. The number of benzene rings is 1. The Morgan fingerprint density at radius 2 is 1.84 bits per heavy atom. The van der Waals surface area contributed by atoms with E-state index in [-0.39, 0.29) is 24.1 Å². The normalized spacial score (nSPS) is 9.95. The number of nitrogens with one attached hydrogen (secondary N) is 2. The lowest BCUT2D eigenvalue weighted by Gasteiger charge is -2.06. The zero-order valence-electron chi connectivity index (χ0n) is 9.85. The molecule has 98 valence electrons. The number of carbonyl (C=O) groups is 2. The van der Waals surface area contributed by atoms with Crippen LogP contribution < -0.4 is 10.9 Å². The summed E-state index contributed by atoms with van der Waals surface area (Å²) in [6.07, 6.45) is 0.0736. The van der Waals surface area contributed by atoms with Crippen LogP contribution in [-0.4, -0.2) is 11.8 Å². The highest BCUT2D eigenvalue weighted by molar-refractivity contribution is 7.08. The Bertz CT molecular complexity index is 567. The van der Waals surface area contributed by atoms with Crippen molar-refractivity contribution < 1.29 is 14.0 Å². The van der Waals surface area contributed by atoms with Gasteiger partial charge in [0, 0.05) is 5.38 Å². The molecule has 0 fully saturated rings. The molecule has 0 aliphatic rings. The van der Waals surface area contributed by atoms with Crippen LogP contribution in [-0.2, 0) is 11.2 Å². The highest BCUT2D eigenvalue weighted by Crippen LogP contribution is 2.05. The SMILES string of the molecule is O=C(Cc1ccc(F)cc1)NNC(=O)c1ccsc1. The van der Waals surface area contributed by atoms with Crippen LogP contribution in [0.4, 0.5) is 4.39 Å². The fourth-order valence-electron chi connectivity index (χ4n) is 1.42. The van der Waals surface area contributed by atoms with E-state index in [1.165, 1.54) is 35.6 Å². The van der Waals surface area contributed by atoms with Crippen LogP contribution in [0, 0.1) is 5.82 Å². The summed E-state index contributed by atoms with van der Waals surface area (Å²) in [7, 11) is 0. The molecule has 0 saturated carbocycles. The number of hydrazine groups is 1. The second-order valence-corrected chi connectivity index (χ2v) is 4.60. The van der Waals surface area contributed by atoms with Gasteiger partial charge in [0.1, 0.15) is 5.82 Å². The molecule has 1 aromatic carbocycles. The highest BCUT2D eigenvalue weighted by Gasteiger charge is 2.08. The number of hydrogen-bond acceptors (Lipinski definition) is 3. The summed E-state index contributed by atoms with van der Waals surface area (Å²) in [5.41, 5.74) is 5.78. The summed E-state index contributed by atoms with van der Waals surface area (Å²) in [5.74, 6) is -1.08. The molecule has 2 N–H and O–H groups in total. The molecule has 0 aliphatic heterocycles. The molecular weight excluding hydrogens is 267 g/mol. The third kappa shape index (κ3) is 3.89. The van der Waals surface area contributed by atoms with Crippen LogP contribution in [0.5, 0.6) is 0 Å². The van der Waals surface area contributed by atoms with E-state index in [0.29, 0.717) is 11.1 Å². The van der Waals surface area contributed by atoms with Gasteiger partial charge in [0.25, 0.3) is 5.91 Å². The maximum Gasteiger partial charge on any atom is 0.270 e. The number of amides is 2. The molecule has 0 aliphatic carbocycles. The van der Waals surface area contributed by atoms with Gasteiger partial charge in [-0.2, -0.15) is 11.3 Å². The first-order chi connectivity index (χ1) is 9.15. The summed E-state index contributed by atoms with van der Waals surface area (Å²) in [5, 5.41) is 3.46. The lowest BCUT2D eigenvalue weighted by molar-refractivity contribution is -0.121. The largest absolute Gasteiger partial charge is 0.273 e. The summed E-state index contributed by atoms with van der Waals surface area (Å²) in [6, 6.07) is 7.27. The first-order valence-electron chi connectivity index (χ1n) is 5.51. The first kappa shape index (κ1) is 13.2. The predicted octanol–water partition coefficient (Wildman–Crippen LogP) is 1.89. The second-order valence-electron chi connectivity index (χ2n) is 3.82. The number of carbonyl (C=O) groups excluding carboxylic acids is 2. The van der Waals surface area contributed by atoms with Gasteiger partial charge in [-0.25, -0.2) is 4.39 Å². The maximum atomic E-state index is 12.7. The van der Waals surface area contributed by atoms with Crippen molar-refractivity contribution in [1.82, 2.24) is 10.9 Å². The molecule has 1 heterocycles. The lowest BCUT2D eigenvalue weighted by Crippen LogP contribution is -2.42. The molecule has 0 saturated heterocycles. The van der Waals surface area contributed by atoms with E-state index in [0.717, 1.165) is 0 Å². The average molecular weight is 278 g/mol. The van der Waals surface area contributed by atoms with E-state index >= 15 is 0 Å². The van der Waals surface area contributed by atoms with Crippen LogP contribution >= 0.6 is 11.3 Å². The topological polar surface area (TPSA) is 58.2 Å². The van der Waals surface area contributed by atoms with Crippen molar-refractivity contribution in [3.05, 3.63) is 58.0 Å². The molecular formula is C13H11FN2O2S. The van der Waals surface area contributed by atoms with Crippen LogP contribution in [0.1, 0.15) is 15.9 Å². The fraction of sp³-hybridized carbons (Fsp3) is 0.0769. The van der Waals surface area contributed by atoms with Crippen molar-refractivity contribution in [1.29, 1.82) is 0 Å². The molecule has 4 nitrogen and oxygen atoms in total. The molecule has 0 unspecified atom stereocenters. The van der Waals surface area contributed by atoms with Crippen LogP contribution in [0.15, 0.2) is 41.1 Å². The van der Waals surface area contributed by atoms with Crippen molar-refractivity contribution >= 4 is 23.2 Å². The van der Waals surface area contributed by atoms with Gasteiger partial charge >= 0.3 is 0 Å². The minimum atomic E-state index is -0.367. The summed E-state index contributed by atoms with van der Waals surface area (Å²) >= 11 is 1.40. The van der Waals surface area contributed by atoms with E-state index in [2.05, 4.69) is 10.9 Å². The van der Waals surface area contributed by atoms with Crippen LogP contribution in [0.25, 0.3) is 0 Å². The molecule has 1 aromatic heterocycles. The standard InChI is InChI=1S/C13H11FN2O2S/c14-11-3-1-9(2-4-11)7-12(17)15-16-13(18)10-5-6-19-8-10/h1-6,8H,7H2,(H,15,17)(H,16,18). The Hall–Kier alpha value is -2.21. The number of thiophene rings is 1. The Balaban J connectivity index is 1.82. The fourth-order valence-corrected chi connectivity index (χ4v) is 2.06. The molecule has 2 rings (SSSR count). The van der Waals surface area contributed by atoms with E-state index < -0.39 is 0 Å². The quantitative estimate of drug-likeness (QED) is 0.842. The number of hydrogen-bond donors (Lipinski definition) is 2. The zero-order chi connectivity index (χ0) is 13.7. The van der Waals surface area contributed by atoms with Gasteiger partial charge in [-0.15, -0.1) is 0 Å². The lowest BCUT2D eigenvalue weighted by atomic mass is 10.1. The minimum Gasteiger partial charge on any atom is -0.273 e. The average Bonchev–Trinajstić information content (AvgIpc) is 2.93. The summed E-state index contributed by atoms with van der Waals surface area (Å²) < 4.78 is 12.7. The van der Waals surface area contributed by atoms with Gasteiger partial charge in [-0.3, -0.25) is 20.4 Å². The Labute approximate surface area is 113 Å². The zero-order valence-corrected chi connectivity index (χ0v) is 10.7. The van der Waals surface area contributed by atoms with Gasteiger partial charge in [0.2, 0.25) is 5.91 Å². The smallest absolute Gasteiger partial charge is 0.270 e. The van der Waals surface area contributed by atoms with Crippen LogP contribution in [0.2, 0.25) is 0 Å². The van der Waals surface area contributed by atoms with E-state index in [4.69, 9.17) is 0 Å². The maximum absolute atomic E-state index is 12.7. The van der Waals surface area contributed by atoms with Crippen molar-refractivity contribution in [2.24, 2.45) is 0 Å². The molecule has 0 bridgehead atoms. The van der Waals surface area contributed by atoms with Gasteiger partial charge in [-0.1, -0.05) is 12.1 Å². The summed E-state index contributed by atoms with van der Waals surface area (Å²) in [4.78, 5) is 23.1. The molecule has 0 radical (unpaired) electrons. The molecule has 6 heteroatoms. The molecule has 0 atom stereocenters. The molecule has 2 aromatic rings. The Kier molecular flexibility index (Phi) is 4.25. The molecule has 2 amide bonds. The van der Waals surface area contributed by atoms with Crippen molar-refractivity contribution in [2.45, 2.75) is 6.42 Å². The van der Waals surface area contributed by atoms with Gasteiger partial charge < -0.3 is 0 Å². The second kappa shape index (κ2) is 6.10. The van der Waals surface area contributed by atoms with E-state index in [9.17, 15) is 14.0 Å². The first-order valence-corrected chi connectivity index (χ1v) is 6.45. The van der Waals surface area contributed by atoms with Gasteiger partial charge in [-0.05, 0) is 29.1 Å². The highest BCUT2D eigenvalue weighted by atomic mass is 32.1. The number of rotatable bonds is 3. The van der Waals surface area contributed by atoms with E-state index in [1.54, 1.807) is 16.8 Å². The van der Waals surface area contributed by atoms with Gasteiger partial charge in [0.15, 0.2) is 0 Å². The van der Waals surface area contributed by atoms with Crippen molar-refractivity contribution in [3.8, 4) is 0 Å². The predicted molar refractivity (Wildman–Crippen MR) is 70.0 cm³/mol. The Morgan fingerprint density at radius 3 is 2.47 bits per heavy atom. The Morgan fingerprint density at radius 1 is 1.11 bits per heavy atom. The van der Waals surface area contributed by atoms with Crippen molar-refractivity contribution in [2.75, 3.05) is 0 Å². The molecule has 19 heavy (non-hydrogen) atoms. The van der Waals surface area contributed by atoms with Crippen LogP contribution in [0.3, 0.4) is 0 Å². The third-order valence-corrected chi connectivity index (χ3v) is 3.06. The van der Waals surface area contributed by atoms with Crippen molar-refractivity contribution in [3.63, 3.8) is 0 Å². The summed E-state index contributed by atoms with van der Waals surface area (Å²) in [6.45, 7) is 0. The van der Waals surface area contributed by atoms with E-state index in [1.807, 2.05) is 0 Å². The number of halogens is 1. The molecule has 0 spiro atoms. The monoisotopic (exact) mass is 278 g/mol. The van der Waals surface area contributed by atoms with Gasteiger partial charge in [0.05, 0.1) is 12.0 Å². The third-order valence-electron chi connectivity index (χ3n) is 2.38.